The molecule has 0 unspecified atom stereocenters. The molecular formula is C11H14N2O2. The Labute approximate surface area is 88.5 Å². The molecule has 1 aliphatic carbocycles. The van der Waals surface area contributed by atoms with Gasteiger partial charge in [-0.05, 0) is 38.3 Å². The van der Waals surface area contributed by atoms with Crippen LogP contribution in [0.5, 0.6) is 0 Å². The summed E-state index contributed by atoms with van der Waals surface area (Å²) in [4.78, 5) is 10.5. The molecule has 1 saturated carbocycles. The fourth-order valence-electron chi connectivity index (χ4n) is 1.54. The molecule has 1 aliphatic rings. The lowest BCUT2D eigenvalue weighted by atomic mass is 10.1. The van der Waals surface area contributed by atoms with E-state index < -0.39 is 0 Å². The second kappa shape index (κ2) is 3.22. The van der Waals surface area contributed by atoms with Crippen LogP contribution in [0.25, 0.3) is 0 Å². The summed E-state index contributed by atoms with van der Waals surface area (Å²) in [7, 11) is 0. The van der Waals surface area contributed by atoms with E-state index in [2.05, 4.69) is 12.2 Å². The fraction of sp³-hybridized carbons (Fsp3) is 0.455. The van der Waals surface area contributed by atoms with Crippen LogP contribution in [-0.2, 0) is 0 Å². The zero-order chi connectivity index (χ0) is 11.1. The number of hydrogen-bond acceptors (Lipinski definition) is 3. The number of nitrogens with one attached hydrogen (secondary N) is 1. The highest BCUT2D eigenvalue weighted by Crippen LogP contribution is 2.40. The molecule has 80 valence electrons. The predicted octanol–water partition coefficient (Wildman–Crippen LogP) is 2.87. The Morgan fingerprint density at radius 2 is 2.13 bits per heavy atom. The van der Waals surface area contributed by atoms with E-state index in [0.717, 1.165) is 18.4 Å². The molecule has 0 aromatic heterocycles. The van der Waals surface area contributed by atoms with Crippen LogP contribution in [0.4, 0.5) is 11.4 Å². The van der Waals surface area contributed by atoms with Crippen LogP contribution < -0.4 is 5.32 Å². The van der Waals surface area contributed by atoms with Crippen LogP contribution in [0.1, 0.15) is 25.3 Å². The summed E-state index contributed by atoms with van der Waals surface area (Å²) in [6.45, 7) is 3.94. The third kappa shape index (κ3) is 2.09. The standard InChI is InChI=1S/C11H14N2O2/c1-8-3-4-9(10(7-8)13(14)15)12-11(2)5-6-11/h3-4,7,12H,5-6H2,1-2H3. The van der Waals surface area contributed by atoms with Crippen molar-refractivity contribution in [3.8, 4) is 0 Å². The lowest BCUT2D eigenvalue weighted by molar-refractivity contribution is -0.384. The monoisotopic (exact) mass is 206 g/mol. The van der Waals surface area contributed by atoms with E-state index in [4.69, 9.17) is 0 Å². The SMILES string of the molecule is Cc1ccc(NC2(C)CC2)c([N+](=O)[O-])c1. The smallest absolute Gasteiger partial charge is 0.292 e. The van der Waals surface area contributed by atoms with Crippen molar-refractivity contribution in [3.63, 3.8) is 0 Å². The Hall–Kier alpha value is -1.58. The number of nitrogens with zero attached hydrogens (tertiary/aromatic N) is 1. The van der Waals surface area contributed by atoms with Crippen molar-refractivity contribution >= 4 is 11.4 Å². The van der Waals surface area contributed by atoms with Crippen LogP contribution in [0.2, 0.25) is 0 Å². The van der Waals surface area contributed by atoms with Gasteiger partial charge in [-0.15, -0.1) is 0 Å². The van der Waals surface area contributed by atoms with Crippen molar-refractivity contribution in [1.82, 2.24) is 0 Å². The van der Waals surface area contributed by atoms with Crippen LogP contribution in [0, 0.1) is 17.0 Å². The van der Waals surface area contributed by atoms with Gasteiger partial charge in [-0.3, -0.25) is 10.1 Å². The van der Waals surface area contributed by atoms with E-state index >= 15 is 0 Å². The molecule has 0 atom stereocenters. The summed E-state index contributed by atoms with van der Waals surface area (Å²) in [5, 5.41) is 14.1. The van der Waals surface area contributed by atoms with Gasteiger partial charge in [0.15, 0.2) is 0 Å². The summed E-state index contributed by atoms with van der Waals surface area (Å²) in [5.41, 5.74) is 1.78. The maximum atomic E-state index is 10.8. The maximum absolute atomic E-state index is 10.8. The Morgan fingerprint density at radius 1 is 1.47 bits per heavy atom. The van der Waals surface area contributed by atoms with Crippen LogP contribution in [0.3, 0.4) is 0 Å². The summed E-state index contributed by atoms with van der Waals surface area (Å²) in [5.74, 6) is 0. The topological polar surface area (TPSA) is 55.2 Å². The largest absolute Gasteiger partial charge is 0.374 e. The number of hydrogen-bond donors (Lipinski definition) is 1. The van der Waals surface area contributed by atoms with Gasteiger partial charge in [-0.1, -0.05) is 6.07 Å². The normalized spacial score (nSPS) is 17.2. The highest BCUT2D eigenvalue weighted by Gasteiger charge is 2.38. The predicted molar refractivity (Wildman–Crippen MR) is 59.1 cm³/mol. The molecular weight excluding hydrogens is 192 g/mol. The summed E-state index contributed by atoms with van der Waals surface area (Å²) in [6.07, 6.45) is 2.16. The highest BCUT2D eigenvalue weighted by molar-refractivity contribution is 5.64. The summed E-state index contributed by atoms with van der Waals surface area (Å²) < 4.78 is 0. The molecule has 0 spiro atoms. The minimum Gasteiger partial charge on any atom is -0.374 e. The maximum Gasteiger partial charge on any atom is 0.292 e. The van der Waals surface area contributed by atoms with Crippen molar-refractivity contribution in [3.05, 3.63) is 33.9 Å². The molecule has 0 aliphatic heterocycles. The zero-order valence-electron chi connectivity index (χ0n) is 8.91. The number of nitro benzene ring substituents is 1. The number of anilines is 1. The Bertz CT molecular complexity index is 411. The van der Waals surface area contributed by atoms with E-state index in [-0.39, 0.29) is 16.1 Å². The van der Waals surface area contributed by atoms with Crippen LogP contribution in [-0.4, -0.2) is 10.5 Å². The molecule has 1 N–H and O–H groups in total. The van der Waals surface area contributed by atoms with Crippen LogP contribution in [0.15, 0.2) is 18.2 Å². The fourth-order valence-corrected chi connectivity index (χ4v) is 1.54. The molecule has 0 heterocycles. The van der Waals surface area contributed by atoms with Gasteiger partial charge in [0.2, 0.25) is 0 Å². The number of nitro groups is 1. The molecule has 1 fully saturated rings. The lowest BCUT2D eigenvalue weighted by Crippen LogP contribution is -2.16. The number of benzene rings is 1. The Balaban J connectivity index is 2.32. The molecule has 4 nitrogen and oxygen atoms in total. The van der Waals surface area contributed by atoms with E-state index in [1.807, 2.05) is 13.0 Å². The van der Waals surface area contributed by atoms with Gasteiger partial charge in [0, 0.05) is 11.6 Å². The van der Waals surface area contributed by atoms with Crippen molar-refractivity contribution in [2.75, 3.05) is 5.32 Å². The number of rotatable bonds is 3. The van der Waals surface area contributed by atoms with E-state index in [1.54, 1.807) is 12.1 Å². The van der Waals surface area contributed by atoms with E-state index in [9.17, 15) is 10.1 Å². The second-order valence-corrected chi connectivity index (χ2v) is 4.46. The first kappa shape index (κ1) is 9.96. The molecule has 1 aromatic rings. The van der Waals surface area contributed by atoms with Crippen molar-refractivity contribution < 1.29 is 4.92 Å². The first-order valence-corrected chi connectivity index (χ1v) is 5.03. The highest BCUT2D eigenvalue weighted by atomic mass is 16.6. The van der Waals surface area contributed by atoms with Gasteiger partial charge in [-0.25, -0.2) is 0 Å². The average molecular weight is 206 g/mol. The summed E-state index contributed by atoms with van der Waals surface area (Å²) in [6, 6.07) is 5.28. The van der Waals surface area contributed by atoms with Crippen LogP contribution >= 0.6 is 0 Å². The third-order valence-electron chi connectivity index (χ3n) is 2.79. The second-order valence-electron chi connectivity index (χ2n) is 4.46. The first-order chi connectivity index (χ1) is 7.00. The van der Waals surface area contributed by atoms with Crippen molar-refractivity contribution in [2.24, 2.45) is 0 Å². The molecule has 0 saturated heterocycles. The van der Waals surface area contributed by atoms with E-state index in [0.29, 0.717) is 5.69 Å². The molecule has 0 radical (unpaired) electrons. The molecule has 1 aromatic carbocycles. The molecule has 4 heteroatoms. The van der Waals surface area contributed by atoms with Gasteiger partial charge >= 0.3 is 0 Å². The molecule has 15 heavy (non-hydrogen) atoms. The van der Waals surface area contributed by atoms with Crippen molar-refractivity contribution in [2.45, 2.75) is 32.2 Å². The molecule has 0 amide bonds. The van der Waals surface area contributed by atoms with Gasteiger partial charge in [0.05, 0.1) is 4.92 Å². The first-order valence-electron chi connectivity index (χ1n) is 5.03. The number of aryl methyl sites for hydroxylation is 1. The quantitative estimate of drug-likeness (QED) is 0.611. The summed E-state index contributed by atoms with van der Waals surface area (Å²) >= 11 is 0. The van der Waals surface area contributed by atoms with Gasteiger partial charge in [0.25, 0.3) is 5.69 Å². The minimum atomic E-state index is -0.332. The Morgan fingerprint density at radius 3 is 2.67 bits per heavy atom. The zero-order valence-corrected chi connectivity index (χ0v) is 8.91. The van der Waals surface area contributed by atoms with Gasteiger partial charge < -0.3 is 5.32 Å². The van der Waals surface area contributed by atoms with Gasteiger partial charge in [-0.2, -0.15) is 0 Å². The molecule has 2 rings (SSSR count). The van der Waals surface area contributed by atoms with E-state index in [1.165, 1.54) is 0 Å². The lowest BCUT2D eigenvalue weighted by Gasteiger charge is -2.13. The molecule has 0 bridgehead atoms. The third-order valence-corrected chi connectivity index (χ3v) is 2.79. The van der Waals surface area contributed by atoms with Gasteiger partial charge in [0.1, 0.15) is 5.69 Å². The van der Waals surface area contributed by atoms with Crippen molar-refractivity contribution in [1.29, 1.82) is 0 Å². The average Bonchev–Trinajstić information content (AvgIpc) is 2.87. The Kier molecular flexibility index (Phi) is 2.14. The minimum absolute atomic E-state index is 0.0695.